The average Bonchev–Trinajstić information content (AvgIpc) is 2.25. The number of amides is 1. The molecule has 0 atom stereocenters. The maximum absolute atomic E-state index is 11.9. The van der Waals surface area contributed by atoms with Gasteiger partial charge in [-0.05, 0) is 18.2 Å². The third kappa shape index (κ3) is 3.82. The number of hydrogen-bond acceptors (Lipinski definition) is 3. The Balaban J connectivity index is 2.69. The van der Waals surface area contributed by atoms with Crippen molar-refractivity contribution in [3.63, 3.8) is 0 Å². The Morgan fingerprint density at radius 3 is 2.88 bits per heavy atom. The first-order valence-electron chi connectivity index (χ1n) is 4.66. The molecule has 1 aromatic carbocycles. The molecule has 0 saturated heterocycles. The van der Waals surface area contributed by atoms with Crippen LogP contribution in [0.1, 0.15) is 10.4 Å². The first-order chi connectivity index (χ1) is 7.63. The van der Waals surface area contributed by atoms with Crippen molar-refractivity contribution in [1.29, 1.82) is 0 Å². The Morgan fingerprint density at radius 1 is 1.50 bits per heavy atom. The Labute approximate surface area is 91.4 Å². The summed E-state index contributed by atoms with van der Waals surface area (Å²) in [6.45, 7) is -2.25. The molecule has 6 heteroatoms. The van der Waals surface area contributed by atoms with E-state index in [-0.39, 0.29) is 17.2 Å². The second-order valence-corrected chi connectivity index (χ2v) is 2.95. The van der Waals surface area contributed by atoms with Crippen molar-refractivity contribution in [3.05, 3.63) is 29.8 Å². The van der Waals surface area contributed by atoms with E-state index in [0.29, 0.717) is 13.1 Å². The summed E-state index contributed by atoms with van der Waals surface area (Å²) in [7, 11) is 0. The van der Waals surface area contributed by atoms with E-state index < -0.39 is 6.61 Å². The number of ether oxygens (including phenoxy) is 1. The van der Waals surface area contributed by atoms with Gasteiger partial charge in [0.15, 0.2) is 0 Å². The van der Waals surface area contributed by atoms with Crippen LogP contribution in [0.3, 0.4) is 0 Å². The highest BCUT2D eigenvalue weighted by atomic mass is 19.3. The van der Waals surface area contributed by atoms with Gasteiger partial charge < -0.3 is 15.8 Å². The van der Waals surface area contributed by atoms with Crippen LogP contribution in [0.4, 0.5) is 8.78 Å². The zero-order valence-electron chi connectivity index (χ0n) is 8.45. The molecular formula is C10H12F2N2O2. The molecule has 1 aromatic rings. The SMILES string of the molecule is NCCNC(=O)c1cccc(OC(F)F)c1. The van der Waals surface area contributed by atoms with Gasteiger partial charge in [-0.15, -0.1) is 0 Å². The topological polar surface area (TPSA) is 64.3 Å². The molecule has 0 fully saturated rings. The van der Waals surface area contributed by atoms with E-state index in [1.807, 2.05) is 0 Å². The lowest BCUT2D eigenvalue weighted by Gasteiger charge is -2.07. The molecule has 1 amide bonds. The molecule has 0 radical (unpaired) electrons. The molecule has 16 heavy (non-hydrogen) atoms. The molecule has 0 saturated carbocycles. The van der Waals surface area contributed by atoms with Crippen molar-refractivity contribution in [3.8, 4) is 5.75 Å². The number of benzene rings is 1. The Kier molecular flexibility index (Phi) is 4.65. The van der Waals surface area contributed by atoms with Crippen LogP contribution in [0, 0.1) is 0 Å². The fourth-order valence-corrected chi connectivity index (χ4v) is 1.10. The fraction of sp³-hybridized carbons (Fsp3) is 0.300. The Bertz CT molecular complexity index is 358. The standard InChI is InChI=1S/C10H12F2N2O2/c11-10(12)16-8-3-1-2-7(6-8)9(15)14-5-4-13/h1-3,6,10H,4-5,13H2,(H,14,15). The van der Waals surface area contributed by atoms with E-state index in [0.717, 1.165) is 0 Å². The second-order valence-electron chi connectivity index (χ2n) is 2.95. The van der Waals surface area contributed by atoms with Gasteiger partial charge in [-0.3, -0.25) is 4.79 Å². The summed E-state index contributed by atoms with van der Waals surface area (Å²) in [6.07, 6.45) is 0. The molecule has 0 bridgehead atoms. The summed E-state index contributed by atoms with van der Waals surface area (Å²) < 4.78 is 28.0. The van der Waals surface area contributed by atoms with E-state index in [2.05, 4.69) is 10.1 Å². The average molecular weight is 230 g/mol. The van der Waals surface area contributed by atoms with Gasteiger partial charge in [0.1, 0.15) is 5.75 Å². The van der Waals surface area contributed by atoms with Crippen LogP contribution >= 0.6 is 0 Å². The molecule has 0 unspecified atom stereocenters. The molecule has 0 spiro atoms. The summed E-state index contributed by atoms with van der Waals surface area (Å²) >= 11 is 0. The number of carbonyl (C=O) groups excluding carboxylic acids is 1. The third-order valence-corrected chi connectivity index (χ3v) is 1.75. The van der Waals surface area contributed by atoms with Crippen molar-refractivity contribution < 1.29 is 18.3 Å². The second kappa shape index (κ2) is 6.02. The zero-order chi connectivity index (χ0) is 12.0. The number of halogens is 2. The molecule has 0 aromatic heterocycles. The number of hydrogen-bond donors (Lipinski definition) is 2. The molecule has 0 heterocycles. The van der Waals surface area contributed by atoms with Crippen molar-refractivity contribution in [2.45, 2.75) is 6.61 Å². The third-order valence-electron chi connectivity index (χ3n) is 1.75. The number of nitrogens with two attached hydrogens (primary N) is 1. The summed E-state index contributed by atoms with van der Waals surface area (Å²) in [5.41, 5.74) is 5.47. The molecule has 1 rings (SSSR count). The zero-order valence-corrected chi connectivity index (χ0v) is 8.45. The van der Waals surface area contributed by atoms with Gasteiger partial charge in [0.2, 0.25) is 0 Å². The fourth-order valence-electron chi connectivity index (χ4n) is 1.10. The molecular weight excluding hydrogens is 218 g/mol. The van der Waals surface area contributed by atoms with Crippen LogP contribution in [-0.4, -0.2) is 25.6 Å². The van der Waals surface area contributed by atoms with Gasteiger partial charge in [-0.2, -0.15) is 8.78 Å². The first kappa shape index (κ1) is 12.4. The largest absolute Gasteiger partial charge is 0.435 e. The highest BCUT2D eigenvalue weighted by Crippen LogP contribution is 2.15. The predicted octanol–water partition coefficient (Wildman–Crippen LogP) is 0.976. The van der Waals surface area contributed by atoms with Crippen molar-refractivity contribution in [2.24, 2.45) is 5.73 Å². The summed E-state index contributed by atoms with van der Waals surface area (Å²) in [4.78, 5) is 11.4. The first-order valence-corrected chi connectivity index (χ1v) is 4.66. The van der Waals surface area contributed by atoms with Gasteiger partial charge in [0.05, 0.1) is 0 Å². The molecule has 88 valence electrons. The molecule has 4 nitrogen and oxygen atoms in total. The molecule has 3 N–H and O–H groups in total. The van der Waals surface area contributed by atoms with Gasteiger partial charge in [-0.1, -0.05) is 6.07 Å². The van der Waals surface area contributed by atoms with Crippen LogP contribution in [0.25, 0.3) is 0 Å². The summed E-state index contributed by atoms with van der Waals surface area (Å²) in [5, 5.41) is 2.52. The number of nitrogens with one attached hydrogen (secondary N) is 1. The van der Waals surface area contributed by atoms with E-state index in [9.17, 15) is 13.6 Å². The minimum absolute atomic E-state index is 0.0459. The summed E-state index contributed by atoms with van der Waals surface area (Å²) in [5.74, 6) is -0.416. The maximum Gasteiger partial charge on any atom is 0.387 e. The van der Waals surface area contributed by atoms with Crippen LogP contribution in [-0.2, 0) is 0 Å². The van der Waals surface area contributed by atoms with E-state index >= 15 is 0 Å². The lowest BCUT2D eigenvalue weighted by atomic mass is 10.2. The van der Waals surface area contributed by atoms with E-state index in [1.54, 1.807) is 0 Å². The molecule has 0 aliphatic carbocycles. The smallest absolute Gasteiger partial charge is 0.387 e. The predicted molar refractivity (Wildman–Crippen MR) is 54.5 cm³/mol. The number of carbonyl (C=O) groups is 1. The Hall–Kier alpha value is -1.69. The van der Waals surface area contributed by atoms with Crippen LogP contribution in [0.15, 0.2) is 24.3 Å². The van der Waals surface area contributed by atoms with Crippen molar-refractivity contribution in [1.82, 2.24) is 5.32 Å². The van der Waals surface area contributed by atoms with Gasteiger partial charge >= 0.3 is 6.61 Å². The molecule has 0 aliphatic rings. The highest BCUT2D eigenvalue weighted by molar-refractivity contribution is 5.94. The van der Waals surface area contributed by atoms with Crippen LogP contribution in [0.5, 0.6) is 5.75 Å². The highest BCUT2D eigenvalue weighted by Gasteiger charge is 2.08. The summed E-state index contributed by atoms with van der Waals surface area (Å²) in [6, 6.07) is 5.57. The number of rotatable bonds is 5. The maximum atomic E-state index is 11.9. The van der Waals surface area contributed by atoms with Gasteiger partial charge in [-0.25, -0.2) is 0 Å². The number of alkyl halides is 2. The monoisotopic (exact) mass is 230 g/mol. The Morgan fingerprint density at radius 2 is 2.25 bits per heavy atom. The van der Waals surface area contributed by atoms with Gasteiger partial charge in [0, 0.05) is 18.7 Å². The van der Waals surface area contributed by atoms with Crippen LogP contribution < -0.4 is 15.8 Å². The lowest BCUT2D eigenvalue weighted by Crippen LogP contribution is -2.28. The minimum atomic E-state index is -2.90. The normalized spacial score (nSPS) is 10.2. The van der Waals surface area contributed by atoms with E-state index in [4.69, 9.17) is 5.73 Å². The minimum Gasteiger partial charge on any atom is -0.435 e. The van der Waals surface area contributed by atoms with Crippen LogP contribution in [0.2, 0.25) is 0 Å². The lowest BCUT2D eigenvalue weighted by molar-refractivity contribution is -0.0498. The molecule has 0 aliphatic heterocycles. The van der Waals surface area contributed by atoms with Gasteiger partial charge in [0.25, 0.3) is 5.91 Å². The van der Waals surface area contributed by atoms with E-state index in [1.165, 1.54) is 24.3 Å². The van der Waals surface area contributed by atoms with Crippen molar-refractivity contribution >= 4 is 5.91 Å². The quantitative estimate of drug-likeness (QED) is 0.792. The van der Waals surface area contributed by atoms with Crippen molar-refractivity contribution in [2.75, 3.05) is 13.1 Å².